The molecule has 2 aromatic heterocycles. The maximum atomic E-state index is 5.18. The van der Waals surface area contributed by atoms with Crippen molar-refractivity contribution in [2.75, 3.05) is 0 Å². The van der Waals surface area contributed by atoms with Gasteiger partial charge in [-0.05, 0) is 79.0 Å². The Balaban J connectivity index is 0.994. The molecule has 9 aromatic carbocycles. The average molecular weight is 784 g/mol. The van der Waals surface area contributed by atoms with Gasteiger partial charge >= 0.3 is 0 Å². The van der Waals surface area contributed by atoms with Crippen LogP contribution in [-0.2, 0) is 12.0 Å². The van der Waals surface area contributed by atoms with Gasteiger partial charge in [-0.3, -0.25) is 0 Å². The fourth-order valence-electron chi connectivity index (χ4n) is 9.78. The summed E-state index contributed by atoms with van der Waals surface area (Å²) in [6.07, 6.45) is 0. The molecule has 12 rings (SSSR count). The van der Waals surface area contributed by atoms with Gasteiger partial charge in [0.05, 0.1) is 12.0 Å². The molecular formula is C56H37N3S. The molecule has 0 bridgehead atoms. The highest BCUT2D eigenvalue weighted by Gasteiger charge is 2.46. The van der Waals surface area contributed by atoms with E-state index in [9.17, 15) is 0 Å². The molecule has 4 heteroatoms. The number of aromatic nitrogens is 3. The van der Waals surface area contributed by atoms with Crippen molar-refractivity contribution in [1.82, 2.24) is 14.8 Å². The minimum Gasteiger partial charge on any atom is -0.241 e. The molecule has 2 heterocycles. The van der Waals surface area contributed by atoms with Crippen LogP contribution in [0.5, 0.6) is 0 Å². The summed E-state index contributed by atoms with van der Waals surface area (Å²) < 4.78 is 4.64. The third-order valence-electron chi connectivity index (χ3n) is 12.4. The Morgan fingerprint density at radius 2 is 1.08 bits per heavy atom. The summed E-state index contributed by atoms with van der Waals surface area (Å²) in [6, 6.07) is 77.2. The average Bonchev–Trinajstić information content (AvgIpc) is 4.00. The molecule has 0 N–H and O–H groups in total. The zero-order valence-corrected chi connectivity index (χ0v) is 33.5. The zero-order chi connectivity index (χ0) is 39.6. The molecule has 0 atom stereocenters. The topological polar surface area (TPSA) is 30.7 Å². The lowest BCUT2D eigenvalue weighted by Gasteiger charge is -2.33. The fraction of sp³-hybridized carbons (Fsp3) is 0.0357. The highest BCUT2D eigenvalue weighted by atomic mass is 32.1. The van der Waals surface area contributed by atoms with Crippen LogP contribution in [0.25, 0.3) is 76.0 Å². The Morgan fingerprint density at radius 1 is 0.450 bits per heavy atom. The van der Waals surface area contributed by atoms with Crippen LogP contribution in [0.1, 0.15) is 27.8 Å². The van der Waals surface area contributed by atoms with Crippen LogP contribution in [0.3, 0.4) is 0 Å². The molecule has 0 spiro atoms. The van der Waals surface area contributed by atoms with Crippen molar-refractivity contribution >= 4 is 42.3 Å². The van der Waals surface area contributed by atoms with Gasteiger partial charge in [0.2, 0.25) is 0 Å². The molecule has 3 nitrogen and oxygen atoms in total. The molecule has 1 aliphatic carbocycles. The summed E-state index contributed by atoms with van der Waals surface area (Å²) in [5.74, 6) is 1.59. The van der Waals surface area contributed by atoms with E-state index in [1.54, 1.807) is 0 Å². The number of fused-ring (bicyclic) bond motifs is 7. The summed E-state index contributed by atoms with van der Waals surface area (Å²) in [5, 5.41) is 9.97. The van der Waals surface area contributed by atoms with Crippen molar-refractivity contribution in [2.24, 2.45) is 0 Å². The Morgan fingerprint density at radius 3 is 1.85 bits per heavy atom. The smallest absolute Gasteiger partial charge is 0.181 e. The number of nitrogens with zero attached hydrogens (tertiary/aromatic N) is 3. The van der Waals surface area contributed by atoms with Gasteiger partial charge in [0.15, 0.2) is 11.6 Å². The predicted molar refractivity (Wildman–Crippen MR) is 250 cm³/mol. The van der Waals surface area contributed by atoms with Crippen LogP contribution in [0.2, 0.25) is 0 Å². The highest BCUT2D eigenvalue weighted by Crippen LogP contribution is 2.56. The lowest BCUT2D eigenvalue weighted by Crippen LogP contribution is -2.28. The Bertz CT molecular complexity index is 3360. The van der Waals surface area contributed by atoms with E-state index in [1.807, 2.05) is 29.5 Å². The molecule has 60 heavy (non-hydrogen) atoms. The van der Waals surface area contributed by atoms with Gasteiger partial charge in [-0.2, -0.15) is 5.10 Å². The Kier molecular flexibility index (Phi) is 8.00. The fourth-order valence-corrected chi connectivity index (χ4v) is 10.9. The minimum absolute atomic E-state index is 0.426. The number of benzene rings is 9. The summed E-state index contributed by atoms with van der Waals surface area (Å²) >= 11 is 1.89. The van der Waals surface area contributed by atoms with E-state index in [-0.39, 0.29) is 0 Å². The summed E-state index contributed by atoms with van der Waals surface area (Å²) in [6.45, 7) is 0.630. The van der Waals surface area contributed by atoms with E-state index in [1.165, 1.54) is 75.6 Å². The third kappa shape index (κ3) is 5.35. The van der Waals surface area contributed by atoms with Gasteiger partial charge in [0.25, 0.3) is 0 Å². The molecule has 0 saturated heterocycles. The summed E-state index contributed by atoms with van der Waals surface area (Å²) in [4.78, 5) is 5.18. The van der Waals surface area contributed by atoms with Crippen molar-refractivity contribution < 1.29 is 0 Å². The van der Waals surface area contributed by atoms with E-state index < -0.39 is 5.41 Å². The number of hydrogen-bond acceptors (Lipinski definition) is 3. The molecule has 282 valence electrons. The first-order valence-corrected chi connectivity index (χ1v) is 21.3. The van der Waals surface area contributed by atoms with E-state index >= 15 is 0 Å². The van der Waals surface area contributed by atoms with E-state index in [0.717, 1.165) is 28.2 Å². The van der Waals surface area contributed by atoms with Crippen molar-refractivity contribution in [3.8, 4) is 45.0 Å². The number of rotatable bonds is 7. The van der Waals surface area contributed by atoms with Gasteiger partial charge in [-0.1, -0.05) is 194 Å². The van der Waals surface area contributed by atoms with Crippen LogP contribution in [0, 0.1) is 0 Å². The van der Waals surface area contributed by atoms with E-state index in [0.29, 0.717) is 6.54 Å². The second-order valence-corrected chi connectivity index (χ2v) is 16.8. The maximum absolute atomic E-state index is 5.18. The van der Waals surface area contributed by atoms with E-state index in [2.05, 4.69) is 199 Å². The monoisotopic (exact) mass is 783 g/mol. The SMILES string of the molecule is c1ccc(Cn2nc(-c3ccccc3)nc2-c2cccc3cc(-c4cccc5sc6cc(C7(c8ccccc8)c8ccccc8-c8ccccc87)ccc6c45)ccc23)cc1. The molecule has 0 saturated carbocycles. The molecule has 0 aliphatic heterocycles. The predicted octanol–water partition coefficient (Wildman–Crippen LogP) is 14.2. The number of thiophene rings is 1. The normalized spacial score (nSPS) is 12.9. The van der Waals surface area contributed by atoms with Crippen molar-refractivity contribution in [1.29, 1.82) is 0 Å². The second kappa shape index (κ2) is 13.9. The standard InChI is InChI=1S/C56H37N3S/c1-4-16-37(17-5-1)36-59-55(57-54(58-59)38-18-6-2-7-19-38)47-26-14-20-39-34-40(30-32-43(39)47)44-25-15-29-51-53(44)48-33-31-42(35-52(48)60-51)56(41-21-8-3-9-22-41)49-27-12-10-23-45(49)46-24-11-13-28-50(46)56/h1-35H,36H2. The number of hydrogen-bond donors (Lipinski definition) is 0. The first-order chi connectivity index (χ1) is 29.7. The van der Waals surface area contributed by atoms with Crippen LogP contribution in [0.15, 0.2) is 212 Å². The lowest BCUT2D eigenvalue weighted by molar-refractivity contribution is 0.695. The van der Waals surface area contributed by atoms with Gasteiger partial charge in [0.1, 0.15) is 0 Å². The lowest BCUT2D eigenvalue weighted by atomic mass is 9.67. The quantitative estimate of drug-likeness (QED) is 0.161. The summed E-state index contributed by atoms with van der Waals surface area (Å²) in [5.41, 5.74) is 13.1. The zero-order valence-electron chi connectivity index (χ0n) is 32.7. The van der Waals surface area contributed by atoms with Gasteiger partial charge in [0, 0.05) is 31.3 Å². The van der Waals surface area contributed by atoms with Gasteiger partial charge < -0.3 is 0 Å². The molecule has 0 radical (unpaired) electrons. The van der Waals surface area contributed by atoms with Crippen molar-refractivity contribution in [3.63, 3.8) is 0 Å². The molecule has 11 aromatic rings. The molecule has 0 amide bonds. The van der Waals surface area contributed by atoms with Crippen LogP contribution in [0.4, 0.5) is 0 Å². The molecular weight excluding hydrogens is 747 g/mol. The highest BCUT2D eigenvalue weighted by molar-refractivity contribution is 7.26. The molecule has 0 fully saturated rings. The molecule has 0 unspecified atom stereocenters. The van der Waals surface area contributed by atoms with Crippen molar-refractivity contribution in [3.05, 3.63) is 240 Å². The summed E-state index contributed by atoms with van der Waals surface area (Å²) in [7, 11) is 0. The van der Waals surface area contributed by atoms with Crippen LogP contribution in [-0.4, -0.2) is 14.8 Å². The van der Waals surface area contributed by atoms with Crippen LogP contribution < -0.4 is 0 Å². The van der Waals surface area contributed by atoms with Gasteiger partial charge in [-0.15, -0.1) is 11.3 Å². The second-order valence-electron chi connectivity index (χ2n) is 15.7. The Hall–Kier alpha value is -7.40. The third-order valence-corrected chi connectivity index (χ3v) is 13.5. The van der Waals surface area contributed by atoms with Crippen LogP contribution >= 0.6 is 11.3 Å². The first-order valence-electron chi connectivity index (χ1n) is 20.5. The first kappa shape index (κ1) is 34.6. The van der Waals surface area contributed by atoms with E-state index in [4.69, 9.17) is 10.1 Å². The molecule has 1 aliphatic rings. The van der Waals surface area contributed by atoms with Gasteiger partial charge in [-0.25, -0.2) is 9.67 Å². The van der Waals surface area contributed by atoms with Crippen molar-refractivity contribution in [2.45, 2.75) is 12.0 Å². The largest absolute Gasteiger partial charge is 0.241 e. The Labute approximate surface area is 352 Å². The minimum atomic E-state index is -0.426. The maximum Gasteiger partial charge on any atom is 0.181 e.